The molecule has 4 rings (SSSR count). The summed E-state index contributed by atoms with van der Waals surface area (Å²) < 4.78 is 3.14. The van der Waals surface area contributed by atoms with Crippen LogP contribution in [0, 0.1) is 10.1 Å². The first kappa shape index (κ1) is 20.6. The van der Waals surface area contributed by atoms with Crippen LogP contribution in [0.2, 0.25) is 0 Å². The van der Waals surface area contributed by atoms with Crippen molar-refractivity contribution in [3.05, 3.63) is 62.6 Å². The molecule has 0 radical (unpaired) electrons. The second-order valence-corrected chi connectivity index (χ2v) is 7.81. The first-order valence-electron chi connectivity index (χ1n) is 9.95. The van der Waals surface area contributed by atoms with Crippen molar-refractivity contribution in [2.24, 2.45) is 14.1 Å². The molecule has 1 saturated heterocycles. The maximum Gasteiger partial charge on any atom is 0.328 e. The highest BCUT2D eigenvalue weighted by atomic mass is 16.6. The van der Waals surface area contributed by atoms with E-state index in [4.69, 9.17) is 0 Å². The summed E-state index contributed by atoms with van der Waals surface area (Å²) in [6, 6.07) is 9.22. The van der Waals surface area contributed by atoms with Gasteiger partial charge in [0.25, 0.3) is 11.6 Å². The number of benzene rings is 2. The maximum atomic E-state index is 12.9. The number of aromatic nitrogens is 2. The summed E-state index contributed by atoms with van der Waals surface area (Å²) in [7, 11) is 5.49. The zero-order chi connectivity index (χ0) is 22.3. The Balaban J connectivity index is 1.74. The number of nitrogens with one attached hydrogen (secondary N) is 1. The van der Waals surface area contributed by atoms with Crippen molar-refractivity contribution < 1.29 is 9.72 Å². The van der Waals surface area contributed by atoms with Crippen LogP contribution in [0.3, 0.4) is 0 Å². The van der Waals surface area contributed by atoms with Gasteiger partial charge in [0, 0.05) is 58.0 Å². The second-order valence-electron chi connectivity index (χ2n) is 7.81. The lowest BCUT2D eigenvalue weighted by atomic mass is 10.1. The monoisotopic (exact) mass is 424 g/mol. The third-order valence-corrected chi connectivity index (χ3v) is 5.82. The largest absolute Gasteiger partial charge is 0.367 e. The molecule has 0 unspecified atom stereocenters. The number of rotatable bonds is 4. The lowest BCUT2D eigenvalue weighted by Gasteiger charge is -2.35. The highest BCUT2D eigenvalue weighted by Crippen LogP contribution is 2.32. The summed E-state index contributed by atoms with van der Waals surface area (Å²) in [6.07, 6.45) is 0. The Bertz CT molecular complexity index is 1220. The van der Waals surface area contributed by atoms with Crippen molar-refractivity contribution in [1.29, 1.82) is 0 Å². The minimum Gasteiger partial charge on any atom is -0.367 e. The molecule has 1 fully saturated rings. The molecule has 0 aliphatic carbocycles. The summed E-state index contributed by atoms with van der Waals surface area (Å²) in [5, 5.41) is 13.8. The van der Waals surface area contributed by atoms with Gasteiger partial charge < -0.3 is 15.1 Å². The smallest absolute Gasteiger partial charge is 0.328 e. The molecule has 31 heavy (non-hydrogen) atoms. The predicted molar refractivity (Wildman–Crippen MR) is 119 cm³/mol. The molecule has 1 amide bonds. The van der Waals surface area contributed by atoms with Crippen LogP contribution in [0.25, 0.3) is 11.0 Å². The van der Waals surface area contributed by atoms with E-state index in [1.807, 2.05) is 12.1 Å². The third kappa shape index (κ3) is 3.77. The fraction of sp³-hybridized carbons (Fsp3) is 0.333. The third-order valence-electron chi connectivity index (χ3n) is 5.82. The summed E-state index contributed by atoms with van der Waals surface area (Å²) >= 11 is 0. The number of nitro benzene ring substituents is 1. The van der Waals surface area contributed by atoms with E-state index in [-0.39, 0.29) is 17.3 Å². The van der Waals surface area contributed by atoms with Crippen LogP contribution >= 0.6 is 0 Å². The first-order chi connectivity index (χ1) is 14.8. The number of hydrogen-bond acceptors (Lipinski definition) is 6. The number of piperazine rings is 1. The number of nitrogens with zero attached hydrogens (tertiary/aromatic N) is 5. The lowest BCUT2D eigenvalue weighted by Crippen LogP contribution is -2.44. The first-order valence-corrected chi connectivity index (χ1v) is 9.95. The Morgan fingerprint density at radius 1 is 0.968 bits per heavy atom. The molecule has 1 N–H and O–H groups in total. The van der Waals surface area contributed by atoms with E-state index in [0.29, 0.717) is 16.8 Å². The number of anilines is 2. The van der Waals surface area contributed by atoms with E-state index in [0.717, 1.165) is 37.4 Å². The lowest BCUT2D eigenvalue weighted by molar-refractivity contribution is -0.384. The van der Waals surface area contributed by atoms with Gasteiger partial charge in [0.2, 0.25) is 0 Å². The Hall–Kier alpha value is -3.66. The van der Waals surface area contributed by atoms with Crippen molar-refractivity contribution in [1.82, 2.24) is 14.0 Å². The fourth-order valence-electron chi connectivity index (χ4n) is 3.87. The topological polar surface area (TPSA) is 106 Å². The summed E-state index contributed by atoms with van der Waals surface area (Å²) in [4.78, 5) is 40.1. The molecule has 10 heteroatoms. The van der Waals surface area contributed by atoms with E-state index in [2.05, 4.69) is 22.2 Å². The molecule has 0 bridgehead atoms. The minimum absolute atomic E-state index is 0.0737. The second kappa shape index (κ2) is 7.88. The molecule has 2 aromatic carbocycles. The number of fused-ring (bicyclic) bond motifs is 1. The van der Waals surface area contributed by atoms with Crippen molar-refractivity contribution in [3.63, 3.8) is 0 Å². The molecular weight excluding hydrogens is 400 g/mol. The van der Waals surface area contributed by atoms with Gasteiger partial charge in [-0.1, -0.05) is 0 Å². The Kier molecular flexibility index (Phi) is 5.24. The maximum absolute atomic E-state index is 12.9. The number of amides is 1. The molecule has 0 spiro atoms. The van der Waals surface area contributed by atoms with Gasteiger partial charge in [0.05, 0.1) is 27.3 Å². The predicted octanol–water partition coefficient (Wildman–Crippen LogP) is 1.79. The summed E-state index contributed by atoms with van der Waals surface area (Å²) in [6.45, 7) is 3.37. The average molecular weight is 424 g/mol. The minimum atomic E-state index is -0.503. The highest BCUT2D eigenvalue weighted by Gasteiger charge is 2.21. The molecule has 10 nitrogen and oxygen atoms in total. The number of imidazole rings is 1. The van der Waals surface area contributed by atoms with Gasteiger partial charge in [-0.3, -0.25) is 24.0 Å². The van der Waals surface area contributed by atoms with Crippen molar-refractivity contribution in [2.45, 2.75) is 0 Å². The standard InChI is InChI=1S/C21H24N6O4/c1-23-8-10-26(11-9-23)17-13-19-18(24(2)21(29)25(19)3)12-16(17)22-20(28)14-4-6-15(7-5-14)27(30)31/h4-7,12-13H,8-11H2,1-3H3,(H,22,28). The van der Waals surface area contributed by atoms with Gasteiger partial charge in [-0.05, 0) is 31.3 Å². The number of carbonyl (C=O) groups excluding carboxylic acids is 1. The summed E-state index contributed by atoms with van der Waals surface area (Å²) in [5.41, 5.74) is 3.04. The number of nitro groups is 1. The molecular formula is C21H24N6O4. The van der Waals surface area contributed by atoms with Crippen LogP contribution in [-0.4, -0.2) is 58.1 Å². The molecule has 1 aliphatic heterocycles. The molecule has 162 valence electrons. The van der Waals surface area contributed by atoms with Gasteiger partial charge in [-0.15, -0.1) is 0 Å². The van der Waals surface area contributed by atoms with Gasteiger partial charge >= 0.3 is 5.69 Å². The number of hydrogen-bond donors (Lipinski definition) is 1. The Morgan fingerprint density at radius 2 is 1.55 bits per heavy atom. The Morgan fingerprint density at radius 3 is 2.13 bits per heavy atom. The fourth-order valence-corrected chi connectivity index (χ4v) is 3.87. The molecule has 3 aromatic rings. The highest BCUT2D eigenvalue weighted by molar-refractivity contribution is 6.07. The zero-order valence-electron chi connectivity index (χ0n) is 17.7. The van der Waals surface area contributed by atoms with Crippen LogP contribution in [0.5, 0.6) is 0 Å². The van der Waals surface area contributed by atoms with Gasteiger partial charge in [0.1, 0.15) is 0 Å². The van der Waals surface area contributed by atoms with Gasteiger partial charge in [0.15, 0.2) is 0 Å². The molecule has 0 saturated carbocycles. The van der Waals surface area contributed by atoms with Crippen molar-refractivity contribution >= 4 is 34.0 Å². The van der Waals surface area contributed by atoms with E-state index < -0.39 is 4.92 Å². The molecule has 2 heterocycles. The van der Waals surface area contributed by atoms with Crippen LogP contribution in [0.4, 0.5) is 17.1 Å². The Labute approximate surface area is 178 Å². The normalized spacial score (nSPS) is 14.7. The average Bonchev–Trinajstić information content (AvgIpc) is 2.97. The van der Waals surface area contributed by atoms with Crippen molar-refractivity contribution in [2.75, 3.05) is 43.4 Å². The van der Waals surface area contributed by atoms with Crippen LogP contribution in [0.15, 0.2) is 41.2 Å². The number of non-ortho nitro benzene ring substituents is 1. The molecule has 0 atom stereocenters. The van der Waals surface area contributed by atoms with Crippen molar-refractivity contribution in [3.8, 4) is 0 Å². The van der Waals surface area contributed by atoms with Gasteiger partial charge in [-0.2, -0.15) is 0 Å². The number of likely N-dealkylation sites (N-methyl/N-ethyl adjacent to an activating group) is 1. The van der Waals surface area contributed by atoms with E-state index in [9.17, 15) is 19.7 Å². The molecule has 1 aliphatic rings. The number of carbonyl (C=O) groups is 1. The van der Waals surface area contributed by atoms with E-state index >= 15 is 0 Å². The summed E-state index contributed by atoms with van der Waals surface area (Å²) in [5.74, 6) is -0.370. The number of aryl methyl sites for hydroxylation is 2. The quantitative estimate of drug-likeness (QED) is 0.506. The van der Waals surface area contributed by atoms with E-state index in [1.54, 1.807) is 23.2 Å². The van der Waals surface area contributed by atoms with Crippen LogP contribution in [0.1, 0.15) is 10.4 Å². The zero-order valence-corrected chi connectivity index (χ0v) is 17.7. The SMILES string of the molecule is CN1CCN(c2cc3c(cc2NC(=O)c2ccc([N+](=O)[O-])cc2)n(C)c(=O)n3C)CC1. The van der Waals surface area contributed by atoms with Gasteiger partial charge in [-0.25, -0.2) is 4.79 Å². The van der Waals surface area contributed by atoms with E-state index in [1.165, 1.54) is 24.3 Å². The molecule has 1 aromatic heterocycles. The van der Waals surface area contributed by atoms with Crippen LogP contribution < -0.4 is 15.9 Å². The van der Waals surface area contributed by atoms with Crippen LogP contribution in [-0.2, 0) is 14.1 Å².